The fourth-order valence-corrected chi connectivity index (χ4v) is 2.67. The molecule has 1 amide bonds. The third-order valence-corrected chi connectivity index (χ3v) is 3.96. The van der Waals surface area contributed by atoms with Crippen molar-refractivity contribution < 1.29 is 14.6 Å². The summed E-state index contributed by atoms with van der Waals surface area (Å²) in [4.78, 5) is 15.6. The zero-order valence-electron chi connectivity index (χ0n) is 11.2. The van der Waals surface area contributed by atoms with Gasteiger partial charge in [0.2, 0.25) is 0 Å². The van der Waals surface area contributed by atoms with E-state index in [0.29, 0.717) is 31.6 Å². The van der Waals surface area contributed by atoms with Crippen LogP contribution < -0.4 is 5.32 Å². The van der Waals surface area contributed by atoms with Crippen LogP contribution in [-0.4, -0.2) is 41.4 Å². The van der Waals surface area contributed by atoms with Crippen LogP contribution in [-0.2, 0) is 4.74 Å². The average Bonchev–Trinajstić information content (AvgIpc) is 2.96. The SMILES string of the molecule is O=C(NC1(CO)CCOCC1)c1cccc2cc[nH]c12. The van der Waals surface area contributed by atoms with Gasteiger partial charge in [0.1, 0.15) is 0 Å². The average molecular weight is 274 g/mol. The van der Waals surface area contributed by atoms with Crippen molar-refractivity contribution in [2.45, 2.75) is 18.4 Å². The molecule has 0 bridgehead atoms. The van der Waals surface area contributed by atoms with Gasteiger partial charge in [-0.2, -0.15) is 0 Å². The quantitative estimate of drug-likeness (QED) is 0.793. The highest BCUT2D eigenvalue weighted by atomic mass is 16.5. The summed E-state index contributed by atoms with van der Waals surface area (Å²) in [5.41, 5.74) is 0.862. The number of hydrogen-bond donors (Lipinski definition) is 3. The summed E-state index contributed by atoms with van der Waals surface area (Å²) in [6, 6.07) is 7.54. The summed E-state index contributed by atoms with van der Waals surface area (Å²) in [6.45, 7) is 1.06. The van der Waals surface area contributed by atoms with E-state index in [1.165, 1.54) is 0 Å². The molecule has 1 aromatic heterocycles. The number of benzene rings is 1. The Kier molecular flexibility index (Phi) is 3.46. The highest BCUT2D eigenvalue weighted by Crippen LogP contribution is 2.22. The lowest BCUT2D eigenvalue weighted by molar-refractivity contribution is 0.0126. The van der Waals surface area contributed by atoms with Crippen molar-refractivity contribution in [2.24, 2.45) is 0 Å². The first-order valence-electron chi connectivity index (χ1n) is 6.81. The first-order valence-corrected chi connectivity index (χ1v) is 6.81. The number of hydrogen-bond acceptors (Lipinski definition) is 3. The van der Waals surface area contributed by atoms with E-state index in [2.05, 4.69) is 10.3 Å². The van der Waals surface area contributed by atoms with Gasteiger partial charge >= 0.3 is 0 Å². The molecule has 5 heteroatoms. The fraction of sp³-hybridized carbons (Fsp3) is 0.400. The smallest absolute Gasteiger partial charge is 0.253 e. The summed E-state index contributed by atoms with van der Waals surface area (Å²) in [5, 5.41) is 13.6. The van der Waals surface area contributed by atoms with E-state index in [9.17, 15) is 9.90 Å². The first-order chi connectivity index (χ1) is 9.74. The number of nitrogens with one attached hydrogen (secondary N) is 2. The number of aliphatic hydroxyl groups excluding tert-OH is 1. The lowest BCUT2D eigenvalue weighted by atomic mass is 9.90. The number of aromatic amines is 1. The lowest BCUT2D eigenvalue weighted by Crippen LogP contribution is -2.54. The molecule has 3 rings (SSSR count). The van der Waals surface area contributed by atoms with Crippen LogP contribution >= 0.6 is 0 Å². The number of ether oxygens (including phenoxy) is 1. The van der Waals surface area contributed by atoms with Crippen LogP contribution in [0.4, 0.5) is 0 Å². The highest BCUT2D eigenvalue weighted by molar-refractivity contribution is 6.05. The molecule has 1 aliphatic rings. The van der Waals surface area contributed by atoms with Gasteiger partial charge in [-0.3, -0.25) is 4.79 Å². The van der Waals surface area contributed by atoms with Gasteiger partial charge in [-0.05, 0) is 25.0 Å². The van der Waals surface area contributed by atoms with E-state index in [4.69, 9.17) is 4.74 Å². The van der Waals surface area contributed by atoms with Crippen LogP contribution in [0.1, 0.15) is 23.2 Å². The van der Waals surface area contributed by atoms with Crippen LogP contribution in [0.5, 0.6) is 0 Å². The molecular weight excluding hydrogens is 256 g/mol. The van der Waals surface area contributed by atoms with Gasteiger partial charge in [0, 0.05) is 24.8 Å². The number of amides is 1. The second-order valence-electron chi connectivity index (χ2n) is 5.25. The fourth-order valence-electron chi connectivity index (χ4n) is 2.67. The van der Waals surface area contributed by atoms with Crippen LogP contribution in [0.15, 0.2) is 30.5 Å². The van der Waals surface area contributed by atoms with Gasteiger partial charge in [0.05, 0.1) is 23.2 Å². The van der Waals surface area contributed by atoms with E-state index in [0.717, 1.165) is 10.9 Å². The second-order valence-corrected chi connectivity index (χ2v) is 5.25. The molecule has 3 N–H and O–H groups in total. The molecule has 0 unspecified atom stereocenters. The van der Waals surface area contributed by atoms with Crippen molar-refractivity contribution in [1.29, 1.82) is 0 Å². The van der Waals surface area contributed by atoms with Gasteiger partial charge in [-0.25, -0.2) is 0 Å². The molecule has 2 aromatic rings. The van der Waals surface area contributed by atoms with Crippen LogP contribution in [0, 0.1) is 0 Å². The summed E-state index contributed by atoms with van der Waals surface area (Å²) >= 11 is 0. The van der Waals surface area contributed by atoms with E-state index < -0.39 is 5.54 Å². The largest absolute Gasteiger partial charge is 0.394 e. The number of carbonyl (C=O) groups is 1. The number of aromatic nitrogens is 1. The molecule has 5 nitrogen and oxygen atoms in total. The Morgan fingerprint density at radius 3 is 2.90 bits per heavy atom. The molecule has 0 spiro atoms. The minimum absolute atomic E-state index is 0.0667. The molecule has 0 aliphatic carbocycles. The second kappa shape index (κ2) is 5.26. The van der Waals surface area contributed by atoms with Crippen molar-refractivity contribution in [1.82, 2.24) is 10.3 Å². The maximum atomic E-state index is 12.5. The summed E-state index contributed by atoms with van der Waals surface area (Å²) in [6.07, 6.45) is 3.09. The van der Waals surface area contributed by atoms with E-state index in [1.807, 2.05) is 24.4 Å². The van der Waals surface area contributed by atoms with Gasteiger partial charge < -0.3 is 20.1 Å². The zero-order chi connectivity index (χ0) is 14.0. The Morgan fingerprint density at radius 2 is 2.15 bits per heavy atom. The molecule has 0 saturated carbocycles. The maximum absolute atomic E-state index is 12.5. The number of H-pyrrole nitrogens is 1. The van der Waals surface area contributed by atoms with Gasteiger partial charge in [-0.15, -0.1) is 0 Å². The molecular formula is C15H18N2O3. The monoisotopic (exact) mass is 274 g/mol. The van der Waals surface area contributed by atoms with Crippen LogP contribution in [0.25, 0.3) is 10.9 Å². The molecule has 106 valence electrons. The summed E-state index contributed by atoms with van der Waals surface area (Å²) in [7, 11) is 0. The predicted molar refractivity (Wildman–Crippen MR) is 75.6 cm³/mol. The first kappa shape index (κ1) is 13.1. The molecule has 0 radical (unpaired) electrons. The third kappa shape index (κ3) is 2.30. The Bertz CT molecular complexity index is 614. The number of rotatable bonds is 3. The Hall–Kier alpha value is -1.85. The highest BCUT2D eigenvalue weighted by Gasteiger charge is 2.34. The van der Waals surface area contributed by atoms with Gasteiger partial charge in [0.15, 0.2) is 0 Å². The lowest BCUT2D eigenvalue weighted by Gasteiger charge is -2.36. The Balaban J connectivity index is 1.87. The molecule has 1 saturated heterocycles. The minimum Gasteiger partial charge on any atom is -0.394 e. The predicted octanol–water partition coefficient (Wildman–Crippen LogP) is 1.44. The Labute approximate surface area is 116 Å². The summed E-state index contributed by atoms with van der Waals surface area (Å²) < 4.78 is 5.30. The number of aliphatic hydroxyl groups is 1. The van der Waals surface area contributed by atoms with Crippen molar-refractivity contribution in [3.05, 3.63) is 36.0 Å². The minimum atomic E-state index is -0.565. The standard InChI is InChI=1S/C15H18N2O3/c18-10-15(5-8-20-9-6-15)17-14(19)12-3-1-2-11-4-7-16-13(11)12/h1-4,7,16,18H,5-6,8-10H2,(H,17,19). The molecule has 0 atom stereocenters. The van der Waals surface area contributed by atoms with Crippen molar-refractivity contribution in [3.8, 4) is 0 Å². The maximum Gasteiger partial charge on any atom is 0.253 e. The van der Waals surface area contributed by atoms with Crippen LogP contribution in [0.2, 0.25) is 0 Å². The number of fused-ring (bicyclic) bond motifs is 1. The normalized spacial score (nSPS) is 18.1. The molecule has 2 heterocycles. The molecule has 1 aliphatic heterocycles. The molecule has 1 aromatic carbocycles. The molecule has 20 heavy (non-hydrogen) atoms. The summed E-state index contributed by atoms with van der Waals surface area (Å²) in [5.74, 6) is -0.158. The zero-order valence-corrected chi connectivity index (χ0v) is 11.2. The van der Waals surface area contributed by atoms with Gasteiger partial charge in [0.25, 0.3) is 5.91 Å². The number of para-hydroxylation sites is 1. The van der Waals surface area contributed by atoms with Crippen molar-refractivity contribution >= 4 is 16.8 Å². The topological polar surface area (TPSA) is 74.3 Å². The van der Waals surface area contributed by atoms with Crippen molar-refractivity contribution in [3.63, 3.8) is 0 Å². The van der Waals surface area contributed by atoms with E-state index in [1.54, 1.807) is 6.07 Å². The van der Waals surface area contributed by atoms with E-state index >= 15 is 0 Å². The van der Waals surface area contributed by atoms with Gasteiger partial charge in [-0.1, -0.05) is 12.1 Å². The van der Waals surface area contributed by atoms with E-state index in [-0.39, 0.29) is 12.5 Å². The van der Waals surface area contributed by atoms with Crippen LogP contribution in [0.3, 0.4) is 0 Å². The number of carbonyl (C=O) groups excluding carboxylic acids is 1. The Morgan fingerprint density at radius 1 is 1.35 bits per heavy atom. The van der Waals surface area contributed by atoms with Crippen molar-refractivity contribution in [2.75, 3.05) is 19.8 Å². The molecule has 1 fully saturated rings. The third-order valence-electron chi connectivity index (χ3n) is 3.96.